The zero-order valence-corrected chi connectivity index (χ0v) is 14.5. The van der Waals surface area contributed by atoms with E-state index < -0.39 is 6.10 Å². The van der Waals surface area contributed by atoms with E-state index in [-0.39, 0.29) is 11.9 Å². The molecule has 1 atom stereocenters. The monoisotopic (exact) mass is 344 g/mol. The summed E-state index contributed by atoms with van der Waals surface area (Å²) in [5.74, 6) is 0.225. The Hall–Kier alpha value is -1.85. The molecular formula is C19H24N2O2S. The molecule has 128 valence electrons. The van der Waals surface area contributed by atoms with Crippen molar-refractivity contribution in [3.63, 3.8) is 0 Å². The molecule has 0 bridgehead atoms. The molecule has 0 aliphatic carbocycles. The second kappa shape index (κ2) is 8.31. The number of nitrogens with zero attached hydrogens (tertiary/aromatic N) is 1. The fraction of sp³-hybridized carbons (Fsp3) is 0.421. The van der Waals surface area contributed by atoms with Gasteiger partial charge in [0, 0.05) is 24.5 Å². The van der Waals surface area contributed by atoms with Gasteiger partial charge in [0.05, 0.1) is 6.10 Å². The maximum atomic E-state index is 12.2. The first-order valence-electron chi connectivity index (χ1n) is 8.52. The van der Waals surface area contributed by atoms with Crippen LogP contribution in [0.15, 0.2) is 47.8 Å². The lowest BCUT2D eigenvalue weighted by Crippen LogP contribution is -2.45. The summed E-state index contributed by atoms with van der Waals surface area (Å²) in [5.41, 5.74) is 0.969. The molecule has 0 spiro atoms. The summed E-state index contributed by atoms with van der Waals surface area (Å²) >= 11 is 1.72. The summed E-state index contributed by atoms with van der Waals surface area (Å²) in [6.45, 7) is 2.09. The summed E-state index contributed by atoms with van der Waals surface area (Å²) < 4.78 is 0. The van der Waals surface area contributed by atoms with E-state index in [2.05, 4.69) is 16.8 Å². The van der Waals surface area contributed by atoms with Gasteiger partial charge in [0.2, 0.25) is 0 Å². The number of piperidine rings is 1. The van der Waals surface area contributed by atoms with Crippen LogP contribution in [0.2, 0.25) is 0 Å². The zero-order chi connectivity index (χ0) is 16.8. The first-order valence-corrected chi connectivity index (χ1v) is 9.40. The van der Waals surface area contributed by atoms with Crippen LogP contribution in [0.3, 0.4) is 0 Å². The summed E-state index contributed by atoms with van der Waals surface area (Å²) in [6.07, 6.45) is 2.13. The van der Waals surface area contributed by atoms with Crippen molar-refractivity contribution in [3.8, 4) is 0 Å². The van der Waals surface area contributed by atoms with Crippen LogP contribution in [0, 0.1) is 5.92 Å². The van der Waals surface area contributed by atoms with E-state index in [1.165, 1.54) is 4.88 Å². The number of rotatable bonds is 5. The predicted molar refractivity (Wildman–Crippen MR) is 97.1 cm³/mol. The summed E-state index contributed by atoms with van der Waals surface area (Å²) in [6, 6.07) is 13.9. The minimum absolute atomic E-state index is 0.0132. The Morgan fingerprint density at radius 1 is 1.21 bits per heavy atom. The SMILES string of the molecule is O=C(NCCc1cccs1)N1CCC([C@@H](O)c2ccccc2)CC1. The minimum atomic E-state index is -0.435. The summed E-state index contributed by atoms with van der Waals surface area (Å²) in [4.78, 5) is 15.4. The van der Waals surface area contributed by atoms with Crippen LogP contribution in [-0.4, -0.2) is 35.7 Å². The number of hydrogen-bond acceptors (Lipinski definition) is 3. The van der Waals surface area contributed by atoms with Gasteiger partial charge in [0.1, 0.15) is 0 Å². The van der Waals surface area contributed by atoms with Gasteiger partial charge in [0.25, 0.3) is 0 Å². The van der Waals surface area contributed by atoms with E-state index in [9.17, 15) is 9.90 Å². The average Bonchev–Trinajstić information content (AvgIpc) is 3.15. The Morgan fingerprint density at radius 3 is 2.62 bits per heavy atom. The van der Waals surface area contributed by atoms with Crippen molar-refractivity contribution >= 4 is 17.4 Å². The van der Waals surface area contributed by atoms with E-state index in [4.69, 9.17) is 0 Å². The average molecular weight is 344 g/mol. The van der Waals surface area contributed by atoms with Crippen molar-refractivity contribution in [2.24, 2.45) is 5.92 Å². The van der Waals surface area contributed by atoms with Crippen molar-refractivity contribution < 1.29 is 9.90 Å². The number of carbonyl (C=O) groups excluding carboxylic acids is 1. The van der Waals surface area contributed by atoms with E-state index in [0.717, 1.165) is 24.8 Å². The maximum Gasteiger partial charge on any atom is 0.317 e. The first kappa shape index (κ1) is 17.0. The van der Waals surface area contributed by atoms with Crippen LogP contribution in [0.1, 0.15) is 29.4 Å². The van der Waals surface area contributed by atoms with Crippen LogP contribution in [0.25, 0.3) is 0 Å². The number of likely N-dealkylation sites (tertiary alicyclic amines) is 1. The third-order valence-electron chi connectivity index (χ3n) is 4.64. The Labute approximate surface area is 147 Å². The van der Waals surface area contributed by atoms with Crippen molar-refractivity contribution in [1.82, 2.24) is 10.2 Å². The molecule has 0 radical (unpaired) electrons. The molecule has 1 fully saturated rings. The number of aliphatic hydroxyl groups is 1. The molecular weight excluding hydrogens is 320 g/mol. The lowest BCUT2D eigenvalue weighted by molar-refractivity contribution is 0.0666. The molecule has 5 heteroatoms. The quantitative estimate of drug-likeness (QED) is 0.873. The molecule has 2 N–H and O–H groups in total. The molecule has 2 aromatic rings. The molecule has 1 aliphatic heterocycles. The molecule has 24 heavy (non-hydrogen) atoms. The Balaban J connectivity index is 1.42. The lowest BCUT2D eigenvalue weighted by Gasteiger charge is -2.34. The van der Waals surface area contributed by atoms with E-state index >= 15 is 0 Å². The van der Waals surface area contributed by atoms with E-state index in [0.29, 0.717) is 19.6 Å². The van der Waals surface area contributed by atoms with Crippen molar-refractivity contribution in [3.05, 3.63) is 58.3 Å². The lowest BCUT2D eigenvalue weighted by atomic mass is 9.87. The van der Waals surface area contributed by atoms with E-state index in [1.54, 1.807) is 11.3 Å². The van der Waals surface area contributed by atoms with Crippen molar-refractivity contribution in [2.75, 3.05) is 19.6 Å². The number of thiophene rings is 1. The normalized spacial score (nSPS) is 16.8. The van der Waals surface area contributed by atoms with Crippen LogP contribution >= 0.6 is 11.3 Å². The fourth-order valence-electron chi connectivity index (χ4n) is 3.20. The Kier molecular flexibility index (Phi) is 5.88. The Bertz CT molecular complexity index is 622. The van der Waals surface area contributed by atoms with Gasteiger partial charge >= 0.3 is 6.03 Å². The van der Waals surface area contributed by atoms with Crippen LogP contribution in [0.5, 0.6) is 0 Å². The predicted octanol–water partition coefficient (Wildman–Crippen LogP) is 3.45. The van der Waals surface area contributed by atoms with Crippen molar-refractivity contribution in [2.45, 2.75) is 25.4 Å². The molecule has 1 saturated heterocycles. The summed E-state index contributed by atoms with van der Waals surface area (Å²) in [5, 5.41) is 15.6. The molecule has 1 aromatic carbocycles. The molecule has 2 heterocycles. The Morgan fingerprint density at radius 2 is 1.96 bits per heavy atom. The topological polar surface area (TPSA) is 52.6 Å². The highest BCUT2D eigenvalue weighted by Gasteiger charge is 2.28. The second-order valence-electron chi connectivity index (χ2n) is 6.24. The number of carbonyl (C=O) groups is 1. The third-order valence-corrected chi connectivity index (χ3v) is 5.58. The van der Waals surface area contributed by atoms with Crippen molar-refractivity contribution in [1.29, 1.82) is 0 Å². The molecule has 4 nitrogen and oxygen atoms in total. The highest BCUT2D eigenvalue weighted by molar-refractivity contribution is 7.09. The standard InChI is InChI=1S/C19H24N2O2S/c22-18(15-5-2-1-3-6-15)16-9-12-21(13-10-16)19(23)20-11-8-17-7-4-14-24-17/h1-7,14,16,18,22H,8-13H2,(H,20,23)/t18-/m0/s1. The number of amides is 2. The number of aliphatic hydroxyl groups excluding tert-OH is 1. The molecule has 3 rings (SSSR count). The highest BCUT2D eigenvalue weighted by Crippen LogP contribution is 2.30. The summed E-state index contributed by atoms with van der Waals surface area (Å²) in [7, 11) is 0. The maximum absolute atomic E-state index is 12.2. The van der Waals surface area contributed by atoms with Gasteiger partial charge in [-0.3, -0.25) is 0 Å². The van der Waals surface area contributed by atoms with Crippen LogP contribution < -0.4 is 5.32 Å². The third kappa shape index (κ3) is 4.36. The minimum Gasteiger partial charge on any atom is -0.388 e. The van der Waals surface area contributed by atoms with Gasteiger partial charge in [-0.2, -0.15) is 0 Å². The smallest absolute Gasteiger partial charge is 0.317 e. The van der Waals surface area contributed by atoms with Gasteiger partial charge in [-0.05, 0) is 42.2 Å². The number of benzene rings is 1. The number of hydrogen-bond donors (Lipinski definition) is 2. The zero-order valence-electron chi connectivity index (χ0n) is 13.7. The van der Waals surface area contributed by atoms with Crippen LogP contribution in [-0.2, 0) is 6.42 Å². The van der Waals surface area contributed by atoms with Crippen LogP contribution in [0.4, 0.5) is 4.79 Å². The molecule has 0 unspecified atom stereocenters. The van der Waals surface area contributed by atoms with Gasteiger partial charge in [-0.15, -0.1) is 11.3 Å². The van der Waals surface area contributed by atoms with Gasteiger partial charge < -0.3 is 15.3 Å². The first-order chi connectivity index (χ1) is 11.7. The van der Waals surface area contributed by atoms with Gasteiger partial charge in [-0.1, -0.05) is 36.4 Å². The van der Waals surface area contributed by atoms with E-state index in [1.807, 2.05) is 41.3 Å². The van der Waals surface area contributed by atoms with Gasteiger partial charge in [-0.25, -0.2) is 4.79 Å². The van der Waals surface area contributed by atoms with Gasteiger partial charge in [0.15, 0.2) is 0 Å². The fourth-order valence-corrected chi connectivity index (χ4v) is 3.91. The number of urea groups is 1. The second-order valence-corrected chi connectivity index (χ2v) is 7.27. The highest BCUT2D eigenvalue weighted by atomic mass is 32.1. The molecule has 0 saturated carbocycles. The number of nitrogens with one attached hydrogen (secondary N) is 1. The largest absolute Gasteiger partial charge is 0.388 e. The molecule has 1 aliphatic rings. The molecule has 1 aromatic heterocycles. The molecule has 2 amide bonds.